The van der Waals surface area contributed by atoms with Crippen LogP contribution in [0.2, 0.25) is 0 Å². The number of aliphatic hydroxyl groups excluding tert-OH is 1. The second kappa shape index (κ2) is 6.86. The average Bonchev–Trinajstić information content (AvgIpc) is 2.31. The minimum Gasteiger partial charge on any atom is -0.469 e. The van der Waals surface area contributed by atoms with Crippen molar-refractivity contribution in [2.75, 3.05) is 20.2 Å². The molecule has 1 N–H and O–H groups in total. The number of hydrogen-bond donors (Lipinski definition) is 1. The molecule has 0 aliphatic carbocycles. The summed E-state index contributed by atoms with van der Waals surface area (Å²) in [4.78, 5) is 13.5. The molecule has 0 aromatic carbocycles. The minimum absolute atomic E-state index is 0.150. The molecule has 1 aliphatic heterocycles. The monoisotopic (exact) mass is 229 g/mol. The van der Waals surface area contributed by atoms with Crippen LogP contribution in [0.15, 0.2) is 0 Å². The Morgan fingerprint density at radius 3 is 2.94 bits per heavy atom. The molecular weight excluding hydrogens is 206 g/mol. The minimum atomic E-state index is -0.279. The number of piperidine rings is 1. The Bertz CT molecular complexity index is 220. The van der Waals surface area contributed by atoms with E-state index in [4.69, 9.17) is 4.74 Å². The van der Waals surface area contributed by atoms with Crippen molar-refractivity contribution in [3.63, 3.8) is 0 Å². The summed E-state index contributed by atoms with van der Waals surface area (Å²) in [5, 5.41) is 9.66. The van der Waals surface area contributed by atoms with E-state index in [1.165, 1.54) is 13.5 Å². The lowest BCUT2D eigenvalue weighted by atomic mass is 9.98. The summed E-state index contributed by atoms with van der Waals surface area (Å²) in [5.74, 6) is -0.150. The summed E-state index contributed by atoms with van der Waals surface area (Å²) in [6, 6.07) is 0.252. The van der Waals surface area contributed by atoms with Gasteiger partial charge in [-0.3, -0.25) is 9.69 Å². The molecule has 0 radical (unpaired) electrons. The van der Waals surface area contributed by atoms with Crippen LogP contribution in [0.3, 0.4) is 0 Å². The molecule has 1 rings (SSSR count). The molecule has 0 aromatic heterocycles. The number of methoxy groups -OCH3 is 1. The molecule has 1 fully saturated rings. The summed E-state index contributed by atoms with van der Waals surface area (Å²) in [5.41, 5.74) is 0. The first kappa shape index (κ1) is 13.5. The maximum Gasteiger partial charge on any atom is 0.307 e. The van der Waals surface area contributed by atoms with Gasteiger partial charge in [0.2, 0.25) is 0 Å². The zero-order valence-electron chi connectivity index (χ0n) is 10.3. The number of ether oxygens (including phenoxy) is 1. The van der Waals surface area contributed by atoms with Gasteiger partial charge < -0.3 is 9.84 Å². The standard InChI is InChI=1S/C12H23NO3/c1-3-11(14)9-13-7-5-4-6-10(13)8-12(15)16-2/h10-11,14H,3-9H2,1-2H3. The van der Waals surface area contributed by atoms with Crippen LogP contribution in [-0.2, 0) is 9.53 Å². The third-order valence-corrected chi connectivity index (χ3v) is 3.30. The lowest BCUT2D eigenvalue weighted by molar-refractivity contribution is -0.142. The lowest BCUT2D eigenvalue weighted by Gasteiger charge is -2.36. The average molecular weight is 229 g/mol. The number of nitrogens with zero attached hydrogens (tertiary/aromatic N) is 1. The molecule has 2 unspecified atom stereocenters. The van der Waals surface area contributed by atoms with Gasteiger partial charge in [0.05, 0.1) is 19.6 Å². The molecule has 4 heteroatoms. The van der Waals surface area contributed by atoms with Gasteiger partial charge in [-0.25, -0.2) is 0 Å². The third kappa shape index (κ3) is 4.10. The number of carbonyl (C=O) groups excluding carboxylic acids is 1. The maximum atomic E-state index is 11.3. The van der Waals surface area contributed by atoms with Crippen molar-refractivity contribution in [1.29, 1.82) is 0 Å². The van der Waals surface area contributed by atoms with Gasteiger partial charge in [-0.2, -0.15) is 0 Å². The molecular formula is C12H23NO3. The van der Waals surface area contributed by atoms with Gasteiger partial charge in [0.25, 0.3) is 0 Å². The Kier molecular flexibility index (Phi) is 5.77. The van der Waals surface area contributed by atoms with Crippen LogP contribution in [0.5, 0.6) is 0 Å². The van der Waals surface area contributed by atoms with Crippen molar-refractivity contribution >= 4 is 5.97 Å². The van der Waals surface area contributed by atoms with Crippen molar-refractivity contribution in [3.05, 3.63) is 0 Å². The quantitative estimate of drug-likeness (QED) is 0.719. The van der Waals surface area contributed by atoms with Crippen LogP contribution in [0, 0.1) is 0 Å². The van der Waals surface area contributed by atoms with E-state index in [9.17, 15) is 9.90 Å². The van der Waals surface area contributed by atoms with Crippen molar-refractivity contribution < 1.29 is 14.6 Å². The van der Waals surface area contributed by atoms with Gasteiger partial charge >= 0.3 is 5.97 Å². The number of aliphatic hydroxyl groups is 1. The van der Waals surface area contributed by atoms with E-state index in [1.54, 1.807) is 0 Å². The smallest absolute Gasteiger partial charge is 0.307 e. The SMILES string of the molecule is CCC(O)CN1CCCCC1CC(=O)OC. The van der Waals surface area contributed by atoms with Crippen LogP contribution in [0.1, 0.15) is 39.0 Å². The van der Waals surface area contributed by atoms with Gasteiger partial charge in [-0.05, 0) is 25.8 Å². The number of esters is 1. The topological polar surface area (TPSA) is 49.8 Å². The van der Waals surface area contributed by atoms with Crippen LogP contribution < -0.4 is 0 Å². The molecule has 94 valence electrons. The molecule has 16 heavy (non-hydrogen) atoms. The molecule has 1 aliphatic rings. The highest BCUT2D eigenvalue weighted by atomic mass is 16.5. The largest absolute Gasteiger partial charge is 0.469 e. The van der Waals surface area contributed by atoms with Gasteiger partial charge in [0.1, 0.15) is 0 Å². The summed E-state index contributed by atoms with van der Waals surface area (Å²) < 4.78 is 4.70. The lowest BCUT2D eigenvalue weighted by Crippen LogP contribution is -2.44. The van der Waals surface area contributed by atoms with Gasteiger partial charge in [-0.15, -0.1) is 0 Å². The predicted molar refractivity (Wildman–Crippen MR) is 62.1 cm³/mol. The molecule has 0 aromatic rings. The second-order valence-electron chi connectivity index (χ2n) is 4.49. The first-order chi connectivity index (χ1) is 7.67. The van der Waals surface area contributed by atoms with Crippen molar-refractivity contribution in [3.8, 4) is 0 Å². The number of rotatable bonds is 5. The molecule has 0 amide bonds. The van der Waals surface area contributed by atoms with Crippen molar-refractivity contribution in [1.82, 2.24) is 4.90 Å². The fourth-order valence-corrected chi connectivity index (χ4v) is 2.21. The summed E-state index contributed by atoms with van der Waals surface area (Å²) in [6.45, 7) is 3.64. The fraction of sp³-hybridized carbons (Fsp3) is 0.917. The molecule has 0 saturated carbocycles. The Morgan fingerprint density at radius 1 is 1.56 bits per heavy atom. The van der Waals surface area contributed by atoms with E-state index >= 15 is 0 Å². The summed E-state index contributed by atoms with van der Waals surface area (Å²) in [7, 11) is 1.43. The first-order valence-corrected chi connectivity index (χ1v) is 6.16. The van der Waals surface area contributed by atoms with Crippen LogP contribution >= 0.6 is 0 Å². The zero-order chi connectivity index (χ0) is 12.0. The van der Waals surface area contributed by atoms with E-state index in [-0.39, 0.29) is 18.1 Å². The van der Waals surface area contributed by atoms with Gasteiger partial charge in [-0.1, -0.05) is 13.3 Å². The highest BCUT2D eigenvalue weighted by molar-refractivity contribution is 5.69. The van der Waals surface area contributed by atoms with E-state index in [1.807, 2.05) is 6.92 Å². The molecule has 0 bridgehead atoms. The maximum absolute atomic E-state index is 11.3. The summed E-state index contributed by atoms with van der Waals surface area (Å²) >= 11 is 0. The molecule has 0 spiro atoms. The number of hydrogen-bond acceptors (Lipinski definition) is 4. The number of β-amino-alcohol motifs (C(OH)–C–C–N with tert-alkyl or cyclic N) is 1. The van der Waals surface area contributed by atoms with Crippen LogP contribution in [0.4, 0.5) is 0 Å². The Hall–Kier alpha value is -0.610. The van der Waals surface area contributed by atoms with Gasteiger partial charge in [0, 0.05) is 12.6 Å². The van der Waals surface area contributed by atoms with Gasteiger partial charge in [0.15, 0.2) is 0 Å². The summed E-state index contributed by atoms with van der Waals surface area (Å²) in [6.07, 6.45) is 4.30. The number of likely N-dealkylation sites (tertiary alicyclic amines) is 1. The molecule has 2 atom stereocenters. The van der Waals surface area contributed by atoms with E-state index in [0.29, 0.717) is 13.0 Å². The first-order valence-electron chi connectivity index (χ1n) is 6.16. The molecule has 1 heterocycles. The van der Waals surface area contributed by atoms with Crippen LogP contribution in [0.25, 0.3) is 0 Å². The molecule has 1 saturated heterocycles. The highest BCUT2D eigenvalue weighted by Crippen LogP contribution is 2.20. The normalized spacial score (nSPS) is 24.1. The second-order valence-corrected chi connectivity index (χ2v) is 4.49. The predicted octanol–water partition coefficient (Wildman–Crippen LogP) is 1.17. The fourth-order valence-electron chi connectivity index (χ4n) is 2.21. The Morgan fingerprint density at radius 2 is 2.31 bits per heavy atom. The zero-order valence-corrected chi connectivity index (χ0v) is 10.3. The van der Waals surface area contributed by atoms with Crippen molar-refractivity contribution in [2.24, 2.45) is 0 Å². The Balaban J connectivity index is 2.46. The molecule has 4 nitrogen and oxygen atoms in total. The van der Waals surface area contributed by atoms with E-state index in [0.717, 1.165) is 25.8 Å². The number of carbonyl (C=O) groups is 1. The third-order valence-electron chi connectivity index (χ3n) is 3.30. The highest BCUT2D eigenvalue weighted by Gasteiger charge is 2.26. The van der Waals surface area contributed by atoms with E-state index < -0.39 is 0 Å². The van der Waals surface area contributed by atoms with Crippen LogP contribution in [-0.4, -0.2) is 48.3 Å². The van der Waals surface area contributed by atoms with E-state index in [2.05, 4.69) is 4.90 Å². The Labute approximate surface area is 97.6 Å². The van der Waals surface area contributed by atoms with Crippen molar-refractivity contribution in [2.45, 2.75) is 51.2 Å².